The fourth-order valence-corrected chi connectivity index (χ4v) is 6.11. The van der Waals surface area contributed by atoms with E-state index in [2.05, 4.69) is 112 Å². The van der Waals surface area contributed by atoms with Crippen LogP contribution >= 0.6 is 0 Å². The summed E-state index contributed by atoms with van der Waals surface area (Å²) in [6.07, 6.45) is 7.59. The zero-order valence-corrected chi connectivity index (χ0v) is 24.3. The van der Waals surface area contributed by atoms with Gasteiger partial charge in [-0.2, -0.15) is 0 Å². The molecule has 3 heteroatoms. The fraction of sp³-hybridized carbons (Fsp3) is 0.103. The van der Waals surface area contributed by atoms with Crippen molar-refractivity contribution in [3.05, 3.63) is 138 Å². The van der Waals surface area contributed by atoms with Gasteiger partial charge in [0.05, 0.1) is 11.2 Å². The van der Waals surface area contributed by atoms with Gasteiger partial charge in [-0.1, -0.05) is 54.6 Å². The van der Waals surface area contributed by atoms with E-state index in [0.717, 1.165) is 33.3 Å². The van der Waals surface area contributed by atoms with Gasteiger partial charge >= 0.3 is 0 Å². The maximum atomic E-state index is 4.77. The molecule has 3 heterocycles. The first-order valence-corrected chi connectivity index (χ1v) is 14.3. The van der Waals surface area contributed by atoms with E-state index in [1.807, 2.05) is 36.9 Å². The maximum absolute atomic E-state index is 4.77. The van der Waals surface area contributed by atoms with Crippen LogP contribution in [0.5, 0.6) is 0 Å². The van der Waals surface area contributed by atoms with E-state index in [4.69, 9.17) is 9.97 Å². The minimum Gasteiger partial charge on any atom is -0.264 e. The number of rotatable bonds is 4. The van der Waals surface area contributed by atoms with E-state index in [1.54, 1.807) is 0 Å². The lowest BCUT2D eigenvalue weighted by Gasteiger charge is -2.18. The predicted octanol–water partition coefficient (Wildman–Crippen LogP) is 10.1. The summed E-state index contributed by atoms with van der Waals surface area (Å²) in [4.78, 5) is 13.9. The highest BCUT2D eigenvalue weighted by Gasteiger charge is 2.17. The van der Waals surface area contributed by atoms with Crippen LogP contribution < -0.4 is 0 Å². The molecule has 0 radical (unpaired) electrons. The van der Waals surface area contributed by atoms with Gasteiger partial charge < -0.3 is 0 Å². The first-order chi connectivity index (χ1) is 20.5. The molecule has 0 unspecified atom stereocenters. The lowest BCUT2D eigenvalue weighted by Crippen LogP contribution is -1.95. The van der Waals surface area contributed by atoms with E-state index in [0.29, 0.717) is 0 Å². The lowest BCUT2D eigenvalue weighted by molar-refractivity contribution is 1.22. The van der Waals surface area contributed by atoms with E-state index in [1.165, 1.54) is 55.3 Å². The second-order valence-corrected chi connectivity index (χ2v) is 11.2. The molecule has 7 aromatic rings. The van der Waals surface area contributed by atoms with Crippen LogP contribution in [0.15, 0.2) is 116 Å². The quantitative estimate of drug-likeness (QED) is 0.208. The maximum Gasteiger partial charge on any atom is 0.0714 e. The Labute approximate surface area is 246 Å². The normalized spacial score (nSPS) is 11.3. The highest BCUT2D eigenvalue weighted by molar-refractivity contribution is 6.14. The minimum atomic E-state index is 0.999. The fourth-order valence-electron chi connectivity index (χ4n) is 6.11. The van der Waals surface area contributed by atoms with Crippen LogP contribution in [0, 0.1) is 27.7 Å². The molecule has 0 saturated carbocycles. The molecule has 42 heavy (non-hydrogen) atoms. The van der Waals surface area contributed by atoms with Crippen LogP contribution in [0.2, 0.25) is 0 Å². The van der Waals surface area contributed by atoms with Crippen LogP contribution in [-0.4, -0.2) is 15.0 Å². The molecule has 0 saturated heterocycles. The molecule has 0 bridgehead atoms. The topological polar surface area (TPSA) is 38.7 Å². The molecule has 0 aliphatic carbocycles. The molecular formula is C39H31N3. The van der Waals surface area contributed by atoms with Crippen molar-refractivity contribution in [2.45, 2.75) is 27.7 Å². The Morgan fingerprint density at radius 1 is 0.476 bits per heavy atom. The van der Waals surface area contributed by atoms with E-state index < -0.39 is 0 Å². The van der Waals surface area contributed by atoms with Gasteiger partial charge in [0.1, 0.15) is 0 Å². The number of nitrogens with zero attached hydrogens (tertiary/aromatic N) is 3. The van der Waals surface area contributed by atoms with Crippen molar-refractivity contribution < 1.29 is 0 Å². The highest BCUT2D eigenvalue weighted by Crippen LogP contribution is 2.41. The summed E-state index contributed by atoms with van der Waals surface area (Å²) in [6, 6.07) is 32.7. The van der Waals surface area contributed by atoms with Gasteiger partial charge in [-0.3, -0.25) is 15.0 Å². The highest BCUT2D eigenvalue weighted by atomic mass is 14.7. The molecule has 3 aromatic heterocycles. The summed E-state index contributed by atoms with van der Waals surface area (Å²) >= 11 is 0. The van der Waals surface area contributed by atoms with Crippen LogP contribution in [-0.2, 0) is 0 Å². The van der Waals surface area contributed by atoms with Crippen LogP contribution in [0.25, 0.3) is 66.3 Å². The van der Waals surface area contributed by atoms with Crippen LogP contribution in [0.3, 0.4) is 0 Å². The summed E-state index contributed by atoms with van der Waals surface area (Å²) in [5, 5.41) is 3.57. The number of hydrogen-bond donors (Lipinski definition) is 0. The molecule has 0 N–H and O–H groups in total. The first-order valence-electron chi connectivity index (χ1n) is 14.3. The van der Waals surface area contributed by atoms with Crippen molar-refractivity contribution in [2.75, 3.05) is 0 Å². The Morgan fingerprint density at radius 3 is 2.14 bits per heavy atom. The zero-order valence-electron chi connectivity index (χ0n) is 24.3. The summed E-state index contributed by atoms with van der Waals surface area (Å²) in [5.41, 5.74) is 15.2. The summed E-state index contributed by atoms with van der Waals surface area (Å²) in [5.74, 6) is 0. The van der Waals surface area contributed by atoms with Gasteiger partial charge in [-0.15, -0.1) is 0 Å². The van der Waals surface area contributed by atoms with Crippen molar-refractivity contribution in [2.24, 2.45) is 0 Å². The van der Waals surface area contributed by atoms with E-state index >= 15 is 0 Å². The Morgan fingerprint density at radius 2 is 1.31 bits per heavy atom. The molecule has 0 spiro atoms. The van der Waals surface area contributed by atoms with E-state index in [9.17, 15) is 0 Å². The largest absolute Gasteiger partial charge is 0.264 e. The number of pyridine rings is 3. The summed E-state index contributed by atoms with van der Waals surface area (Å²) < 4.78 is 0. The molecule has 3 nitrogen and oxygen atoms in total. The number of aryl methyl sites for hydroxylation is 3. The smallest absolute Gasteiger partial charge is 0.0714 e. The molecule has 202 valence electrons. The molecule has 0 fully saturated rings. The average molecular weight is 542 g/mol. The number of aromatic nitrogens is 3. The van der Waals surface area contributed by atoms with Crippen molar-refractivity contribution in [1.82, 2.24) is 15.0 Å². The van der Waals surface area contributed by atoms with Gasteiger partial charge in [0.25, 0.3) is 0 Å². The average Bonchev–Trinajstić information content (AvgIpc) is 3.02. The molecule has 0 amide bonds. The molecule has 4 aromatic carbocycles. The minimum absolute atomic E-state index is 0.999. The molecular weight excluding hydrogens is 510 g/mol. The Hall–Kier alpha value is -5.15. The Kier molecular flexibility index (Phi) is 6.36. The molecule has 0 aliphatic heterocycles. The standard InChI is InChI=1S/C39H31N3/c1-24-12-14-32(27(4)39(24)30-9-5-8-29(19-30)37-18-25(2)26(3)22-42-37)36-21-38-34(11-7-17-41-38)33-15-13-28(20-35(33)36)31-10-6-16-40-23-31/h5-23H,1-4H3. The van der Waals surface area contributed by atoms with Crippen LogP contribution in [0.1, 0.15) is 22.3 Å². The molecule has 0 aliphatic rings. The summed E-state index contributed by atoms with van der Waals surface area (Å²) in [6.45, 7) is 8.70. The molecule has 0 atom stereocenters. The van der Waals surface area contributed by atoms with Crippen molar-refractivity contribution in [3.63, 3.8) is 0 Å². The third-order valence-corrected chi connectivity index (χ3v) is 8.50. The van der Waals surface area contributed by atoms with Crippen molar-refractivity contribution in [1.29, 1.82) is 0 Å². The van der Waals surface area contributed by atoms with Gasteiger partial charge in [-0.25, -0.2) is 0 Å². The van der Waals surface area contributed by atoms with Gasteiger partial charge in [0, 0.05) is 41.3 Å². The van der Waals surface area contributed by atoms with Gasteiger partial charge in [0.2, 0.25) is 0 Å². The molecule has 7 rings (SSSR count). The predicted molar refractivity (Wildman–Crippen MR) is 176 cm³/mol. The Balaban J connectivity index is 1.45. The van der Waals surface area contributed by atoms with Gasteiger partial charge in [-0.05, 0) is 125 Å². The van der Waals surface area contributed by atoms with Gasteiger partial charge in [0.15, 0.2) is 0 Å². The lowest BCUT2D eigenvalue weighted by atomic mass is 9.86. The zero-order chi connectivity index (χ0) is 28.8. The number of benzene rings is 4. The van der Waals surface area contributed by atoms with E-state index in [-0.39, 0.29) is 0 Å². The third kappa shape index (κ3) is 4.44. The summed E-state index contributed by atoms with van der Waals surface area (Å²) in [7, 11) is 0. The number of fused-ring (bicyclic) bond motifs is 3. The second-order valence-electron chi connectivity index (χ2n) is 11.2. The monoisotopic (exact) mass is 541 g/mol. The second kappa shape index (κ2) is 10.4. The van der Waals surface area contributed by atoms with Crippen molar-refractivity contribution >= 4 is 21.7 Å². The third-order valence-electron chi connectivity index (χ3n) is 8.50. The first kappa shape index (κ1) is 25.8. The Bertz CT molecular complexity index is 2130. The van der Waals surface area contributed by atoms with Crippen LogP contribution in [0.4, 0.5) is 0 Å². The van der Waals surface area contributed by atoms with Crippen molar-refractivity contribution in [3.8, 4) is 44.6 Å². The number of hydrogen-bond acceptors (Lipinski definition) is 3. The SMILES string of the molecule is Cc1cnc(-c2cccc(-c3c(C)ccc(-c4cc5ncccc5c5ccc(-c6cccnc6)cc45)c3C)c2)cc1C.